The Labute approximate surface area is 102 Å². The number of rotatable bonds is 7. The van der Waals surface area contributed by atoms with Crippen LogP contribution in [0.25, 0.3) is 0 Å². The van der Waals surface area contributed by atoms with Gasteiger partial charge in [-0.1, -0.05) is 39.5 Å². The molecule has 0 aliphatic heterocycles. The van der Waals surface area contributed by atoms with Crippen LogP contribution in [0.3, 0.4) is 0 Å². The van der Waals surface area contributed by atoms with Crippen molar-refractivity contribution in [3.63, 3.8) is 0 Å². The van der Waals surface area contributed by atoms with Crippen LogP contribution >= 0.6 is 0 Å². The van der Waals surface area contributed by atoms with Gasteiger partial charge in [0.1, 0.15) is 0 Å². The molecule has 0 aromatic heterocycles. The minimum atomic E-state index is 0.958. The van der Waals surface area contributed by atoms with Crippen molar-refractivity contribution >= 4 is 0 Å². The molecule has 0 radical (unpaired) electrons. The van der Waals surface area contributed by atoms with Gasteiger partial charge in [-0.2, -0.15) is 0 Å². The highest BCUT2D eigenvalue weighted by molar-refractivity contribution is 4.67. The molecule has 0 atom stereocenters. The first kappa shape index (κ1) is 14.0. The summed E-state index contributed by atoms with van der Waals surface area (Å²) >= 11 is 0. The molecule has 1 aliphatic carbocycles. The van der Waals surface area contributed by atoms with E-state index in [1.165, 1.54) is 64.7 Å². The van der Waals surface area contributed by atoms with E-state index < -0.39 is 0 Å². The van der Waals surface area contributed by atoms with Crippen LogP contribution in [0.4, 0.5) is 0 Å². The van der Waals surface area contributed by atoms with Crippen molar-refractivity contribution in [1.82, 2.24) is 10.2 Å². The maximum absolute atomic E-state index is 3.64. The van der Waals surface area contributed by atoms with E-state index in [1.54, 1.807) is 0 Å². The Morgan fingerprint density at radius 1 is 1.00 bits per heavy atom. The third-order valence-corrected chi connectivity index (χ3v) is 3.91. The molecule has 2 nitrogen and oxygen atoms in total. The molecule has 1 aliphatic rings. The highest BCUT2D eigenvalue weighted by atomic mass is 15.1. The summed E-state index contributed by atoms with van der Waals surface area (Å²) in [6.07, 6.45) is 8.77. The quantitative estimate of drug-likeness (QED) is 0.530. The van der Waals surface area contributed by atoms with Crippen LogP contribution in [0.1, 0.15) is 52.4 Å². The Morgan fingerprint density at radius 3 is 2.19 bits per heavy atom. The van der Waals surface area contributed by atoms with Gasteiger partial charge in [0.2, 0.25) is 0 Å². The third kappa shape index (κ3) is 5.86. The van der Waals surface area contributed by atoms with Crippen molar-refractivity contribution < 1.29 is 0 Å². The summed E-state index contributed by atoms with van der Waals surface area (Å²) in [5.74, 6) is 0.958. The molecule has 96 valence electrons. The van der Waals surface area contributed by atoms with E-state index in [0.29, 0.717) is 0 Å². The predicted molar refractivity (Wildman–Crippen MR) is 71.8 cm³/mol. The van der Waals surface area contributed by atoms with Crippen molar-refractivity contribution in [2.75, 3.05) is 32.7 Å². The fourth-order valence-electron chi connectivity index (χ4n) is 2.65. The minimum Gasteiger partial charge on any atom is -0.315 e. The van der Waals surface area contributed by atoms with Crippen molar-refractivity contribution in [3.8, 4) is 0 Å². The lowest BCUT2D eigenvalue weighted by atomic mass is 10.0. The molecule has 0 unspecified atom stereocenters. The molecule has 0 spiro atoms. The van der Waals surface area contributed by atoms with E-state index >= 15 is 0 Å². The smallest absolute Gasteiger partial charge is 0.0107 e. The SMILES string of the molecule is CCN(CC)CCNCC1CCCCCC1. The Balaban J connectivity index is 2.00. The topological polar surface area (TPSA) is 15.3 Å². The third-order valence-electron chi connectivity index (χ3n) is 3.91. The Morgan fingerprint density at radius 2 is 1.62 bits per heavy atom. The normalized spacial score (nSPS) is 18.9. The van der Waals surface area contributed by atoms with Crippen LogP contribution in [0, 0.1) is 5.92 Å². The summed E-state index contributed by atoms with van der Waals surface area (Å²) in [5.41, 5.74) is 0. The molecule has 16 heavy (non-hydrogen) atoms. The lowest BCUT2D eigenvalue weighted by molar-refractivity contribution is 0.296. The Hall–Kier alpha value is -0.0800. The number of nitrogens with one attached hydrogen (secondary N) is 1. The average molecular weight is 226 g/mol. The van der Waals surface area contributed by atoms with Gasteiger partial charge < -0.3 is 10.2 Å². The summed E-state index contributed by atoms with van der Waals surface area (Å²) < 4.78 is 0. The first-order chi connectivity index (χ1) is 7.86. The van der Waals surface area contributed by atoms with Crippen LogP contribution in [0.15, 0.2) is 0 Å². The molecule has 0 saturated heterocycles. The van der Waals surface area contributed by atoms with E-state index in [4.69, 9.17) is 0 Å². The average Bonchev–Trinajstić information content (AvgIpc) is 2.58. The van der Waals surface area contributed by atoms with Gasteiger partial charge in [-0.3, -0.25) is 0 Å². The van der Waals surface area contributed by atoms with E-state index in [0.717, 1.165) is 12.5 Å². The number of hydrogen-bond donors (Lipinski definition) is 1. The second-order valence-corrected chi connectivity index (χ2v) is 5.09. The molecular weight excluding hydrogens is 196 g/mol. The van der Waals surface area contributed by atoms with Crippen molar-refractivity contribution in [1.29, 1.82) is 0 Å². The van der Waals surface area contributed by atoms with Crippen molar-refractivity contribution in [2.24, 2.45) is 5.92 Å². The zero-order valence-electron chi connectivity index (χ0n) is 11.3. The second-order valence-electron chi connectivity index (χ2n) is 5.09. The van der Waals surface area contributed by atoms with E-state index in [1.807, 2.05) is 0 Å². The highest BCUT2D eigenvalue weighted by Crippen LogP contribution is 2.21. The monoisotopic (exact) mass is 226 g/mol. The number of likely N-dealkylation sites (N-methyl/N-ethyl adjacent to an activating group) is 1. The Bertz CT molecular complexity index is 147. The van der Waals surface area contributed by atoms with Gasteiger partial charge in [0.15, 0.2) is 0 Å². The zero-order valence-corrected chi connectivity index (χ0v) is 11.3. The van der Waals surface area contributed by atoms with Gasteiger partial charge in [-0.25, -0.2) is 0 Å². The van der Waals surface area contributed by atoms with Crippen LogP contribution in [0.5, 0.6) is 0 Å². The van der Waals surface area contributed by atoms with E-state index in [2.05, 4.69) is 24.1 Å². The Kier molecular flexibility index (Phi) is 7.87. The van der Waals surface area contributed by atoms with Gasteiger partial charge in [-0.05, 0) is 38.4 Å². The van der Waals surface area contributed by atoms with Gasteiger partial charge in [0, 0.05) is 13.1 Å². The van der Waals surface area contributed by atoms with Crippen LogP contribution in [-0.4, -0.2) is 37.6 Å². The van der Waals surface area contributed by atoms with Crippen molar-refractivity contribution in [2.45, 2.75) is 52.4 Å². The maximum atomic E-state index is 3.64. The van der Waals surface area contributed by atoms with Gasteiger partial charge in [0.25, 0.3) is 0 Å². The van der Waals surface area contributed by atoms with Gasteiger partial charge in [0.05, 0.1) is 0 Å². The summed E-state index contributed by atoms with van der Waals surface area (Å²) in [5, 5.41) is 3.64. The molecule has 0 aromatic rings. The van der Waals surface area contributed by atoms with Gasteiger partial charge >= 0.3 is 0 Å². The van der Waals surface area contributed by atoms with Crippen molar-refractivity contribution in [3.05, 3.63) is 0 Å². The minimum absolute atomic E-state index is 0.958. The largest absolute Gasteiger partial charge is 0.315 e. The van der Waals surface area contributed by atoms with Gasteiger partial charge in [-0.15, -0.1) is 0 Å². The number of hydrogen-bond acceptors (Lipinski definition) is 2. The maximum Gasteiger partial charge on any atom is 0.0107 e. The molecule has 1 fully saturated rings. The standard InChI is InChI=1S/C14H30N2/c1-3-16(4-2)12-11-15-13-14-9-7-5-6-8-10-14/h14-15H,3-13H2,1-2H3. The van der Waals surface area contributed by atoms with Crippen LogP contribution in [-0.2, 0) is 0 Å². The first-order valence-corrected chi connectivity index (χ1v) is 7.29. The predicted octanol–water partition coefficient (Wildman–Crippen LogP) is 2.89. The molecule has 1 N–H and O–H groups in total. The fraction of sp³-hybridized carbons (Fsp3) is 1.00. The zero-order chi connectivity index (χ0) is 11.6. The fourth-order valence-corrected chi connectivity index (χ4v) is 2.65. The molecule has 1 saturated carbocycles. The second kappa shape index (κ2) is 9.00. The molecule has 1 rings (SSSR count). The van der Waals surface area contributed by atoms with Crippen LogP contribution < -0.4 is 5.32 Å². The van der Waals surface area contributed by atoms with E-state index in [9.17, 15) is 0 Å². The molecule has 2 heteroatoms. The summed E-state index contributed by atoms with van der Waals surface area (Å²) in [6.45, 7) is 10.5. The molecule has 0 bridgehead atoms. The molecule has 0 amide bonds. The summed E-state index contributed by atoms with van der Waals surface area (Å²) in [7, 11) is 0. The molecule has 0 aromatic carbocycles. The summed E-state index contributed by atoms with van der Waals surface area (Å²) in [6, 6.07) is 0. The molecular formula is C14H30N2. The molecule has 0 heterocycles. The van der Waals surface area contributed by atoms with Crippen LogP contribution in [0.2, 0.25) is 0 Å². The van der Waals surface area contributed by atoms with E-state index in [-0.39, 0.29) is 0 Å². The number of nitrogens with zero attached hydrogens (tertiary/aromatic N) is 1. The lowest BCUT2D eigenvalue weighted by Gasteiger charge is -2.20. The highest BCUT2D eigenvalue weighted by Gasteiger charge is 2.11. The first-order valence-electron chi connectivity index (χ1n) is 7.29. The summed E-state index contributed by atoms with van der Waals surface area (Å²) in [4.78, 5) is 2.49. The lowest BCUT2D eigenvalue weighted by Crippen LogP contribution is -2.33.